The quantitative estimate of drug-likeness (QED) is 0.764. The summed E-state index contributed by atoms with van der Waals surface area (Å²) in [4.78, 5) is 0. The van der Waals surface area contributed by atoms with Crippen molar-refractivity contribution in [1.82, 2.24) is 5.32 Å². The molecule has 1 aliphatic rings. The van der Waals surface area contributed by atoms with E-state index in [-0.39, 0.29) is 5.41 Å². The lowest BCUT2D eigenvalue weighted by Crippen LogP contribution is -2.45. The van der Waals surface area contributed by atoms with Gasteiger partial charge in [0.2, 0.25) is 0 Å². The predicted molar refractivity (Wildman–Crippen MR) is 68.3 cm³/mol. The largest absolute Gasteiger partial charge is 0.330 e. The number of nitrogens with one attached hydrogen (secondary N) is 1. The van der Waals surface area contributed by atoms with Gasteiger partial charge in [-0.2, -0.15) is 0 Å². The maximum absolute atomic E-state index is 13.4. The van der Waals surface area contributed by atoms with Gasteiger partial charge in [0.15, 0.2) is 0 Å². The van der Waals surface area contributed by atoms with Crippen molar-refractivity contribution in [3.8, 4) is 0 Å². The first kappa shape index (κ1) is 13.4. The molecule has 3 N–H and O–H groups in total. The molecule has 4 heteroatoms. The van der Waals surface area contributed by atoms with Crippen LogP contribution in [0.4, 0.5) is 8.78 Å². The van der Waals surface area contributed by atoms with Gasteiger partial charge >= 0.3 is 0 Å². The van der Waals surface area contributed by atoms with Gasteiger partial charge in [0.25, 0.3) is 0 Å². The molecule has 1 aromatic rings. The van der Waals surface area contributed by atoms with Gasteiger partial charge in [-0.3, -0.25) is 0 Å². The zero-order chi connectivity index (χ0) is 13.0. The fourth-order valence-corrected chi connectivity index (χ4v) is 2.43. The molecule has 0 aliphatic heterocycles. The number of halogens is 2. The lowest BCUT2D eigenvalue weighted by molar-refractivity contribution is 0.141. The fourth-order valence-electron chi connectivity index (χ4n) is 2.43. The highest BCUT2D eigenvalue weighted by Gasteiger charge is 2.34. The van der Waals surface area contributed by atoms with Crippen molar-refractivity contribution in [2.24, 2.45) is 11.1 Å². The minimum absolute atomic E-state index is 0.265. The summed E-state index contributed by atoms with van der Waals surface area (Å²) in [6.45, 7) is 2.31. The van der Waals surface area contributed by atoms with Gasteiger partial charge in [-0.05, 0) is 49.4 Å². The molecule has 0 atom stereocenters. The third kappa shape index (κ3) is 3.06. The highest BCUT2D eigenvalue weighted by atomic mass is 19.1. The average molecular weight is 254 g/mol. The molecular weight excluding hydrogens is 234 g/mol. The van der Waals surface area contributed by atoms with Crippen LogP contribution < -0.4 is 11.1 Å². The van der Waals surface area contributed by atoms with Gasteiger partial charge in [-0.25, -0.2) is 8.78 Å². The van der Waals surface area contributed by atoms with Crippen LogP contribution in [0.25, 0.3) is 0 Å². The van der Waals surface area contributed by atoms with Crippen LogP contribution in [0.2, 0.25) is 0 Å². The topological polar surface area (TPSA) is 38.0 Å². The van der Waals surface area contributed by atoms with Crippen molar-refractivity contribution in [3.63, 3.8) is 0 Å². The molecule has 2 nitrogen and oxygen atoms in total. The van der Waals surface area contributed by atoms with Crippen LogP contribution >= 0.6 is 0 Å². The van der Waals surface area contributed by atoms with E-state index in [4.69, 9.17) is 5.73 Å². The van der Waals surface area contributed by atoms with Crippen molar-refractivity contribution >= 4 is 0 Å². The second-order valence-corrected chi connectivity index (χ2v) is 5.22. The van der Waals surface area contributed by atoms with Crippen LogP contribution in [-0.2, 0) is 6.42 Å². The zero-order valence-corrected chi connectivity index (χ0v) is 10.5. The van der Waals surface area contributed by atoms with Crippen LogP contribution in [-0.4, -0.2) is 19.6 Å². The number of rotatable bonds is 6. The van der Waals surface area contributed by atoms with Crippen LogP contribution in [0.1, 0.15) is 24.8 Å². The monoisotopic (exact) mass is 254 g/mol. The molecule has 0 radical (unpaired) electrons. The summed E-state index contributed by atoms with van der Waals surface area (Å²) in [6.07, 6.45) is 4.20. The maximum Gasteiger partial charge on any atom is 0.129 e. The van der Waals surface area contributed by atoms with Gasteiger partial charge in [-0.1, -0.05) is 12.5 Å². The third-order valence-corrected chi connectivity index (χ3v) is 3.93. The summed E-state index contributed by atoms with van der Waals surface area (Å²) in [7, 11) is 0. The van der Waals surface area contributed by atoms with E-state index in [0.29, 0.717) is 25.1 Å². The Hall–Kier alpha value is -1.00. The van der Waals surface area contributed by atoms with E-state index in [0.717, 1.165) is 12.6 Å². The second-order valence-electron chi connectivity index (χ2n) is 5.22. The van der Waals surface area contributed by atoms with Gasteiger partial charge < -0.3 is 11.1 Å². The fraction of sp³-hybridized carbons (Fsp3) is 0.571. The Morgan fingerprint density at radius 2 is 2.06 bits per heavy atom. The van der Waals surface area contributed by atoms with Gasteiger partial charge in [0.05, 0.1) is 0 Å². The summed E-state index contributed by atoms with van der Waals surface area (Å²) in [5.74, 6) is -0.991. The zero-order valence-electron chi connectivity index (χ0n) is 10.5. The van der Waals surface area contributed by atoms with Crippen molar-refractivity contribution in [2.75, 3.05) is 19.6 Å². The van der Waals surface area contributed by atoms with Crippen LogP contribution in [0.5, 0.6) is 0 Å². The molecular formula is C14H20F2N2. The Kier molecular flexibility index (Phi) is 4.30. The minimum Gasteiger partial charge on any atom is -0.330 e. The minimum atomic E-state index is -0.527. The van der Waals surface area contributed by atoms with E-state index in [1.54, 1.807) is 0 Å². The third-order valence-electron chi connectivity index (χ3n) is 3.93. The lowest BCUT2D eigenvalue weighted by atomic mass is 9.69. The molecule has 1 saturated carbocycles. The van der Waals surface area contributed by atoms with Crippen molar-refractivity contribution in [3.05, 3.63) is 35.4 Å². The molecule has 0 heterocycles. The summed E-state index contributed by atoms with van der Waals surface area (Å²) >= 11 is 0. The van der Waals surface area contributed by atoms with Crippen molar-refractivity contribution in [1.29, 1.82) is 0 Å². The Labute approximate surface area is 107 Å². The van der Waals surface area contributed by atoms with Crippen LogP contribution in [0.15, 0.2) is 18.2 Å². The molecule has 1 aromatic carbocycles. The van der Waals surface area contributed by atoms with Gasteiger partial charge in [0, 0.05) is 12.6 Å². The number of benzene rings is 1. The average Bonchev–Trinajstić information content (AvgIpc) is 2.29. The maximum atomic E-state index is 13.4. The van der Waals surface area contributed by atoms with E-state index in [1.165, 1.54) is 31.4 Å². The Balaban J connectivity index is 1.75. The van der Waals surface area contributed by atoms with Gasteiger partial charge in [0.1, 0.15) is 11.6 Å². The Bertz CT molecular complexity index is 397. The number of hydrogen-bond acceptors (Lipinski definition) is 2. The first-order valence-corrected chi connectivity index (χ1v) is 6.50. The van der Waals surface area contributed by atoms with E-state index in [1.807, 2.05) is 0 Å². The summed E-state index contributed by atoms with van der Waals surface area (Å²) in [5.41, 5.74) is 6.58. The van der Waals surface area contributed by atoms with E-state index >= 15 is 0 Å². The molecule has 1 aliphatic carbocycles. The molecule has 0 saturated heterocycles. The molecule has 0 aromatic heterocycles. The highest BCUT2D eigenvalue weighted by molar-refractivity contribution is 5.18. The standard InChI is InChI=1S/C14H20F2N2/c15-12-3-2-11(13(16)8-12)4-7-18-10-14(9-17)5-1-6-14/h2-3,8,18H,1,4-7,9-10,17H2. The van der Waals surface area contributed by atoms with E-state index in [2.05, 4.69) is 5.32 Å². The van der Waals surface area contributed by atoms with Crippen LogP contribution in [0, 0.1) is 17.0 Å². The van der Waals surface area contributed by atoms with Crippen molar-refractivity contribution in [2.45, 2.75) is 25.7 Å². The summed E-state index contributed by atoms with van der Waals surface area (Å²) in [5, 5.41) is 3.33. The van der Waals surface area contributed by atoms with Crippen molar-refractivity contribution < 1.29 is 8.78 Å². The smallest absolute Gasteiger partial charge is 0.129 e. The molecule has 18 heavy (non-hydrogen) atoms. The van der Waals surface area contributed by atoms with E-state index in [9.17, 15) is 8.78 Å². The molecule has 0 amide bonds. The Morgan fingerprint density at radius 1 is 1.28 bits per heavy atom. The molecule has 0 spiro atoms. The molecule has 1 fully saturated rings. The van der Waals surface area contributed by atoms with Crippen LogP contribution in [0.3, 0.4) is 0 Å². The molecule has 100 valence electrons. The first-order chi connectivity index (χ1) is 8.65. The second kappa shape index (κ2) is 5.76. The summed E-state index contributed by atoms with van der Waals surface area (Å²) < 4.78 is 26.1. The van der Waals surface area contributed by atoms with E-state index < -0.39 is 11.6 Å². The SMILES string of the molecule is NCC1(CNCCc2ccc(F)cc2F)CCC1. The molecule has 0 unspecified atom stereocenters. The number of hydrogen-bond donors (Lipinski definition) is 2. The lowest BCUT2D eigenvalue weighted by Gasteiger charge is -2.41. The normalized spacial score (nSPS) is 17.5. The molecule has 0 bridgehead atoms. The van der Waals surface area contributed by atoms with Gasteiger partial charge in [-0.15, -0.1) is 0 Å². The Morgan fingerprint density at radius 3 is 2.61 bits per heavy atom. The first-order valence-electron chi connectivity index (χ1n) is 6.50. The highest BCUT2D eigenvalue weighted by Crippen LogP contribution is 2.38. The summed E-state index contributed by atoms with van der Waals surface area (Å²) in [6, 6.07) is 3.74. The predicted octanol–water partition coefficient (Wildman–Crippen LogP) is 2.23. The molecule has 2 rings (SSSR count). The number of nitrogens with two attached hydrogens (primary N) is 1.